The van der Waals surface area contributed by atoms with Crippen LogP contribution in [0.15, 0.2) is 29.4 Å². The molecule has 1 atom stereocenters. The van der Waals surface area contributed by atoms with E-state index in [4.69, 9.17) is 0 Å². The molecule has 3 aromatic rings. The van der Waals surface area contributed by atoms with Crippen molar-refractivity contribution in [2.24, 2.45) is 0 Å². The van der Waals surface area contributed by atoms with Crippen LogP contribution in [0.3, 0.4) is 0 Å². The molecule has 1 saturated carbocycles. The molecule has 1 aliphatic rings. The van der Waals surface area contributed by atoms with Crippen molar-refractivity contribution in [3.8, 4) is 6.07 Å². The van der Waals surface area contributed by atoms with Crippen molar-refractivity contribution in [1.29, 1.82) is 5.26 Å². The molecular weight excluding hydrogens is 360 g/mol. The van der Waals surface area contributed by atoms with Crippen LogP contribution < -0.4 is 5.32 Å². The van der Waals surface area contributed by atoms with Crippen LogP contribution in [0.4, 0.5) is 0 Å². The summed E-state index contributed by atoms with van der Waals surface area (Å²) in [7, 11) is 0. The Kier molecular flexibility index (Phi) is 4.70. The van der Waals surface area contributed by atoms with E-state index in [0.29, 0.717) is 23.6 Å². The summed E-state index contributed by atoms with van der Waals surface area (Å²) in [4.78, 5) is 20.4. The molecule has 0 saturated heterocycles. The van der Waals surface area contributed by atoms with E-state index in [1.165, 1.54) is 11.8 Å². The normalized spacial score (nSPS) is 17.5. The molecule has 4 rings (SSSR count). The molecular formula is C19H20N6OS. The molecule has 2 N–H and O–H groups in total. The van der Waals surface area contributed by atoms with E-state index in [1.54, 1.807) is 6.92 Å². The van der Waals surface area contributed by atoms with Crippen LogP contribution in [-0.4, -0.2) is 36.9 Å². The lowest BCUT2D eigenvalue weighted by molar-refractivity contribution is -0.121. The molecule has 27 heavy (non-hydrogen) atoms. The smallest absolute Gasteiger partial charge is 0.234 e. The third-order valence-electron chi connectivity index (χ3n) is 5.04. The van der Waals surface area contributed by atoms with Gasteiger partial charge in [-0.3, -0.25) is 4.79 Å². The van der Waals surface area contributed by atoms with Gasteiger partial charge >= 0.3 is 0 Å². The monoisotopic (exact) mass is 380 g/mol. The van der Waals surface area contributed by atoms with E-state index < -0.39 is 10.8 Å². The molecule has 1 aromatic carbocycles. The molecule has 2 heterocycles. The Morgan fingerprint density at radius 3 is 2.85 bits per heavy atom. The van der Waals surface area contributed by atoms with Gasteiger partial charge in [-0.25, -0.2) is 4.98 Å². The molecule has 1 aliphatic carbocycles. The minimum atomic E-state index is -0.732. The molecule has 0 unspecified atom stereocenters. The minimum absolute atomic E-state index is 0.163. The number of amides is 1. The molecule has 138 valence electrons. The first-order valence-electron chi connectivity index (χ1n) is 9.11. The Labute approximate surface area is 161 Å². The number of nitriles is 1. The van der Waals surface area contributed by atoms with Gasteiger partial charge in [-0.05, 0) is 25.8 Å². The van der Waals surface area contributed by atoms with Gasteiger partial charge in [0.05, 0.1) is 11.3 Å². The van der Waals surface area contributed by atoms with Gasteiger partial charge < -0.3 is 10.3 Å². The largest absolute Gasteiger partial charge is 0.338 e. The molecule has 0 spiro atoms. The number of carbonyl (C=O) groups is 1. The highest BCUT2D eigenvalue weighted by Gasteiger charge is 2.35. The van der Waals surface area contributed by atoms with E-state index in [-0.39, 0.29) is 5.91 Å². The van der Waals surface area contributed by atoms with Crippen molar-refractivity contribution in [1.82, 2.24) is 25.5 Å². The van der Waals surface area contributed by atoms with Crippen LogP contribution >= 0.6 is 11.8 Å². The average molecular weight is 380 g/mol. The van der Waals surface area contributed by atoms with Gasteiger partial charge in [-0.1, -0.05) is 49.2 Å². The van der Waals surface area contributed by atoms with E-state index >= 15 is 0 Å². The Morgan fingerprint density at radius 2 is 2.07 bits per heavy atom. The first kappa shape index (κ1) is 17.7. The Balaban J connectivity index is 1.50. The lowest BCUT2D eigenvalue weighted by Crippen LogP contribution is -2.50. The number of hydrogen-bond acceptors (Lipinski definition) is 6. The van der Waals surface area contributed by atoms with Gasteiger partial charge in [0.15, 0.2) is 5.65 Å². The summed E-state index contributed by atoms with van der Waals surface area (Å²) < 4.78 is 0. The zero-order chi connectivity index (χ0) is 18.9. The second-order valence-electron chi connectivity index (χ2n) is 6.97. The highest BCUT2D eigenvalue weighted by Crippen LogP contribution is 2.29. The van der Waals surface area contributed by atoms with E-state index in [0.717, 1.165) is 35.7 Å². The number of rotatable bonds is 4. The van der Waals surface area contributed by atoms with Crippen molar-refractivity contribution in [2.45, 2.75) is 55.0 Å². The molecule has 7 nitrogen and oxygen atoms in total. The zero-order valence-corrected chi connectivity index (χ0v) is 15.8. The molecule has 1 fully saturated rings. The predicted octanol–water partition coefficient (Wildman–Crippen LogP) is 3.33. The third-order valence-corrected chi connectivity index (χ3v) is 5.99. The summed E-state index contributed by atoms with van der Waals surface area (Å²) in [5.41, 5.74) is 1.60. The van der Waals surface area contributed by atoms with E-state index in [2.05, 4.69) is 31.6 Å². The molecule has 8 heteroatoms. The predicted molar refractivity (Wildman–Crippen MR) is 104 cm³/mol. The lowest BCUT2D eigenvalue weighted by atomic mass is 9.83. The third kappa shape index (κ3) is 3.47. The molecule has 0 radical (unpaired) electrons. The standard InChI is InChI=1S/C19H20N6OS/c1-12(17(26)23-19(11-20)9-5-2-6-10-19)27-18-22-16-15(24-25-18)13-7-3-4-8-14(13)21-16/h3-4,7-8,12H,2,5-6,9-10H2,1H3,(H,23,26)(H,21,22,25)/t12-/m1/s1. The van der Waals surface area contributed by atoms with Crippen molar-refractivity contribution in [3.05, 3.63) is 24.3 Å². The second-order valence-corrected chi connectivity index (χ2v) is 8.27. The van der Waals surface area contributed by atoms with Gasteiger partial charge in [-0.15, -0.1) is 10.2 Å². The van der Waals surface area contributed by atoms with Crippen molar-refractivity contribution >= 4 is 39.7 Å². The van der Waals surface area contributed by atoms with Crippen molar-refractivity contribution in [2.75, 3.05) is 0 Å². The number of fused-ring (bicyclic) bond motifs is 3. The Morgan fingerprint density at radius 1 is 1.30 bits per heavy atom. The lowest BCUT2D eigenvalue weighted by Gasteiger charge is -2.32. The number of carbonyl (C=O) groups excluding carboxylic acids is 1. The maximum atomic E-state index is 12.6. The summed E-state index contributed by atoms with van der Waals surface area (Å²) in [6.45, 7) is 1.80. The first-order chi connectivity index (χ1) is 13.1. The number of benzene rings is 1. The summed E-state index contributed by atoms with van der Waals surface area (Å²) >= 11 is 1.25. The van der Waals surface area contributed by atoms with Crippen LogP contribution in [0, 0.1) is 11.3 Å². The van der Waals surface area contributed by atoms with Crippen molar-refractivity contribution in [3.63, 3.8) is 0 Å². The van der Waals surface area contributed by atoms with Crippen LogP contribution in [0.2, 0.25) is 0 Å². The Bertz CT molecular complexity index is 1030. The van der Waals surface area contributed by atoms with Crippen LogP contribution in [0.1, 0.15) is 39.0 Å². The first-order valence-corrected chi connectivity index (χ1v) is 9.99. The van der Waals surface area contributed by atoms with Gasteiger partial charge in [0.25, 0.3) is 0 Å². The minimum Gasteiger partial charge on any atom is -0.338 e. The van der Waals surface area contributed by atoms with Crippen LogP contribution in [0.5, 0.6) is 0 Å². The highest BCUT2D eigenvalue weighted by atomic mass is 32.2. The quantitative estimate of drug-likeness (QED) is 0.672. The van der Waals surface area contributed by atoms with Gasteiger partial charge in [0, 0.05) is 10.9 Å². The van der Waals surface area contributed by atoms with Crippen LogP contribution in [-0.2, 0) is 4.79 Å². The number of nitrogens with zero attached hydrogens (tertiary/aromatic N) is 4. The maximum Gasteiger partial charge on any atom is 0.234 e. The Hall–Kier alpha value is -2.66. The summed E-state index contributed by atoms with van der Waals surface area (Å²) in [5.74, 6) is -0.163. The number of aromatic nitrogens is 4. The number of nitrogens with one attached hydrogen (secondary N) is 2. The topological polar surface area (TPSA) is 107 Å². The maximum absolute atomic E-state index is 12.6. The summed E-state index contributed by atoms with van der Waals surface area (Å²) in [5, 5.41) is 21.9. The van der Waals surface area contributed by atoms with Gasteiger partial charge in [-0.2, -0.15) is 5.26 Å². The SMILES string of the molecule is C[C@@H](Sc1nnc2c(n1)[nH]c1ccccc12)C(=O)NC1(C#N)CCCCC1. The highest BCUT2D eigenvalue weighted by molar-refractivity contribution is 8.00. The zero-order valence-electron chi connectivity index (χ0n) is 15.0. The molecule has 0 bridgehead atoms. The number of para-hydroxylation sites is 1. The number of aromatic amines is 1. The fourth-order valence-corrected chi connectivity index (χ4v) is 4.24. The number of H-pyrrole nitrogens is 1. The van der Waals surface area contributed by atoms with Crippen LogP contribution in [0.25, 0.3) is 22.1 Å². The molecule has 0 aliphatic heterocycles. The number of hydrogen-bond donors (Lipinski definition) is 2. The molecule has 2 aromatic heterocycles. The van der Waals surface area contributed by atoms with Gasteiger partial charge in [0.2, 0.25) is 11.1 Å². The van der Waals surface area contributed by atoms with E-state index in [1.807, 2.05) is 24.3 Å². The number of thioether (sulfide) groups is 1. The van der Waals surface area contributed by atoms with Crippen molar-refractivity contribution < 1.29 is 4.79 Å². The average Bonchev–Trinajstić information content (AvgIpc) is 3.06. The fraction of sp³-hybridized carbons (Fsp3) is 0.421. The summed E-state index contributed by atoms with van der Waals surface area (Å²) in [6, 6.07) is 10.1. The molecule has 1 amide bonds. The second kappa shape index (κ2) is 7.16. The fourth-order valence-electron chi connectivity index (χ4n) is 3.52. The van der Waals surface area contributed by atoms with Gasteiger partial charge in [0.1, 0.15) is 11.1 Å². The van der Waals surface area contributed by atoms with E-state index in [9.17, 15) is 10.1 Å². The summed E-state index contributed by atoms with van der Waals surface area (Å²) in [6.07, 6.45) is 4.49.